The number of nitrogens with one attached hydrogen (secondary N) is 1. The minimum Gasteiger partial charge on any atom is -0.497 e. The molecule has 2 aromatic carbocycles. The first-order valence-electron chi connectivity index (χ1n) is 7.80. The lowest BCUT2D eigenvalue weighted by atomic mass is 10.1. The molecular weight excluding hydrogens is 326 g/mol. The van der Waals surface area contributed by atoms with Gasteiger partial charge in [0.15, 0.2) is 0 Å². The molecule has 6 heteroatoms. The molecule has 0 atom stereocenters. The van der Waals surface area contributed by atoms with Crippen molar-refractivity contribution in [1.82, 2.24) is 4.72 Å². The molecule has 0 saturated heterocycles. The quantitative estimate of drug-likeness (QED) is 0.903. The number of methoxy groups -OCH3 is 1. The highest BCUT2D eigenvalue weighted by atomic mass is 32.2. The highest BCUT2D eigenvalue weighted by molar-refractivity contribution is 7.89. The van der Waals surface area contributed by atoms with Crippen LogP contribution < -0.4 is 14.2 Å². The zero-order valence-corrected chi connectivity index (χ0v) is 14.9. The molecule has 24 heavy (non-hydrogen) atoms. The van der Waals surface area contributed by atoms with Crippen molar-refractivity contribution in [3.8, 4) is 11.5 Å². The molecule has 5 nitrogen and oxygen atoms in total. The molecule has 1 aliphatic heterocycles. The summed E-state index contributed by atoms with van der Waals surface area (Å²) < 4.78 is 38.8. The summed E-state index contributed by atoms with van der Waals surface area (Å²) in [6.07, 6.45) is 0.868. The molecule has 0 aliphatic carbocycles. The molecule has 3 rings (SSSR count). The van der Waals surface area contributed by atoms with Crippen LogP contribution >= 0.6 is 0 Å². The summed E-state index contributed by atoms with van der Waals surface area (Å²) in [5, 5.41) is 0. The Morgan fingerprint density at radius 1 is 1.17 bits per heavy atom. The highest BCUT2D eigenvalue weighted by Gasteiger charge is 2.21. The van der Waals surface area contributed by atoms with Crippen molar-refractivity contribution < 1.29 is 17.9 Å². The number of rotatable bonds is 5. The van der Waals surface area contributed by atoms with E-state index in [1.165, 1.54) is 0 Å². The summed E-state index contributed by atoms with van der Waals surface area (Å²) in [6, 6.07) is 9.25. The van der Waals surface area contributed by atoms with Crippen LogP contribution in [0.4, 0.5) is 0 Å². The molecule has 1 N–H and O–H groups in total. The molecule has 128 valence electrons. The molecule has 0 fully saturated rings. The first kappa shape index (κ1) is 16.8. The van der Waals surface area contributed by atoms with Crippen LogP contribution in [-0.2, 0) is 23.0 Å². The predicted molar refractivity (Wildman–Crippen MR) is 92.1 cm³/mol. The molecule has 1 aliphatic rings. The minimum absolute atomic E-state index is 0.251. The van der Waals surface area contributed by atoms with Gasteiger partial charge >= 0.3 is 0 Å². The van der Waals surface area contributed by atoms with Gasteiger partial charge in [-0.1, -0.05) is 12.1 Å². The van der Waals surface area contributed by atoms with E-state index in [1.807, 2.05) is 18.2 Å². The van der Waals surface area contributed by atoms with Crippen molar-refractivity contribution >= 4 is 10.0 Å². The largest absolute Gasteiger partial charge is 0.497 e. The Morgan fingerprint density at radius 2 is 1.88 bits per heavy atom. The van der Waals surface area contributed by atoms with E-state index in [-0.39, 0.29) is 6.54 Å². The summed E-state index contributed by atoms with van der Waals surface area (Å²) in [7, 11) is -2.03. The van der Waals surface area contributed by atoms with Gasteiger partial charge in [-0.3, -0.25) is 0 Å². The standard InChI is InChI=1S/C18H21NO4S/c1-12-8-16(22-3)9-13(2)18(12)24(20,21)19-11-14-4-5-17-15(10-14)6-7-23-17/h4-5,8-10,19H,6-7,11H2,1-3H3. The fourth-order valence-corrected chi connectivity index (χ4v) is 4.52. The highest BCUT2D eigenvalue weighted by Crippen LogP contribution is 2.27. The first-order chi connectivity index (χ1) is 11.4. The molecule has 0 bridgehead atoms. The summed E-state index contributed by atoms with van der Waals surface area (Å²) in [4.78, 5) is 0.313. The lowest BCUT2D eigenvalue weighted by molar-refractivity contribution is 0.357. The van der Waals surface area contributed by atoms with E-state index >= 15 is 0 Å². The van der Waals surface area contributed by atoms with Gasteiger partial charge in [-0.15, -0.1) is 0 Å². The van der Waals surface area contributed by atoms with Crippen LogP contribution in [0.2, 0.25) is 0 Å². The second-order valence-corrected chi connectivity index (χ2v) is 7.66. The van der Waals surface area contributed by atoms with Gasteiger partial charge in [0.2, 0.25) is 10.0 Å². The van der Waals surface area contributed by atoms with Crippen LogP contribution in [0.1, 0.15) is 22.3 Å². The number of fused-ring (bicyclic) bond motifs is 1. The van der Waals surface area contributed by atoms with E-state index in [4.69, 9.17) is 9.47 Å². The SMILES string of the molecule is COc1cc(C)c(S(=O)(=O)NCc2ccc3c(c2)CCO3)c(C)c1. The van der Waals surface area contributed by atoms with Crippen molar-refractivity contribution in [2.24, 2.45) is 0 Å². The maximum atomic E-state index is 12.7. The van der Waals surface area contributed by atoms with Crippen molar-refractivity contribution in [3.05, 3.63) is 52.6 Å². The Morgan fingerprint density at radius 3 is 2.54 bits per heavy atom. The first-order valence-corrected chi connectivity index (χ1v) is 9.28. The zero-order chi connectivity index (χ0) is 17.3. The van der Waals surface area contributed by atoms with Crippen LogP contribution in [0.3, 0.4) is 0 Å². The average molecular weight is 347 g/mol. The Hall–Kier alpha value is -2.05. The third-order valence-corrected chi connectivity index (χ3v) is 5.86. The monoisotopic (exact) mass is 347 g/mol. The van der Waals surface area contributed by atoms with Crippen molar-refractivity contribution in [2.45, 2.75) is 31.7 Å². The van der Waals surface area contributed by atoms with E-state index in [0.29, 0.717) is 28.4 Å². The Balaban J connectivity index is 1.82. The summed E-state index contributed by atoms with van der Waals surface area (Å²) in [5.74, 6) is 1.55. The van der Waals surface area contributed by atoms with Gasteiger partial charge in [0.1, 0.15) is 11.5 Å². The van der Waals surface area contributed by atoms with Crippen LogP contribution in [-0.4, -0.2) is 22.1 Å². The smallest absolute Gasteiger partial charge is 0.241 e. The molecule has 0 radical (unpaired) electrons. The maximum absolute atomic E-state index is 12.7. The topological polar surface area (TPSA) is 64.6 Å². The number of aryl methyl sites for hydroxylation is 2. The molecule has 1 heterocycles. The van der Waals surface area contributed by atoms with Crippen LogP contribution in [0.5, 0.6) is 11.5 Å². The van der Waals surface area contributed by atoms with E-state index in [1.54, 1.807) is 33.1 Å². The average Bonchev–Trinajstić information content (AvgIpc) is 2.99. The van der Waals surface area contributed by atoms with Crippen molar-refractivity contribution in [1.29, 1.82) is 0 Å². The van der Waals surface area contributed by atoms with Gasteiger partial charge in [0.25, 0.3) is 0 Å². The third kappa shape index (κ3) is 3.25. The van der Waals surface area contributed by atoms with Crippen LogP contribution in [0.25, 0.3) is 0 Å². The molecule has 0 spiro atoms. The molecule has 0 amide bonds. The van der Waals surface area contributed by atoms with Crippen LogP contribution in [0.15, 0.2) is 35.2 Å². The fourth-order valence-electron chi connectivity index (χ4n) is 3.05. The Labute approximate surface area is 142 Å². The normalized spacial score (nSPS) is 13.5. The summed E-state index contributed by atoms with van der Waals surface area (Å²) in [6.45, 7) is 4.49. The van der Waals surface area contributed by atoms with Gasteiger partial charge < -0.3 is 9.47 Å². The lowest BCUT2D eigenvalue weighted by Gasteiger charge is -2.14. The summed E-state index contributed by atoms with van der Waals surface area (Å²) >= 11 is 0. The predicted octanol–water partition coefficient (Wildman–Crippen LogP) is 2.73. The van der Waals surface area contributed by atoms with Gasteiger partial charge in [0, 0.05) is 13.0 Å². The zero-order valence-electron chi connectivity index (χ0n) is 14.0. The third-order valence-electron chi connectivity index (χ3n) is 4.16. The second kappa shape index (κ2) is 6.45. The summed E-state index contributed by atoms with van der Waals surface area (Å²) in [5.41, 5.74) is 3.39. The maximum Gasteiger partial charge on any atom is 0.241 e. The van der Waals surface area contributed by atoms with E-state index < -0.39 is 10.0 Å². The number of hydrogen-bond acceptors (Lipinski definition) is 4. The van der Waals surface area contributed by atoms with Gasteiger partial charge in [-0.25, -0.2) is 13.1 Å². The Kier molecular flexibility index (Phi) is 4.51. The number of ether oxygens (including phenoxy) is 2. The van der Waals surface area contributed by atoms with E-state index in [9.17, 15) is 8.42 Å². The molecular formula is C18H21NO4S. The minimum atomic E-state index is -3.60. The fraction of sp³-hybridized carbons (Fsp3) is 0.333. The van der Waals surface area contributed by atoms with Gasteiger partial charge in [0.05, 0.1) is 18.6 Å². The molecule has 0 saturated carbocycles. The van der Waals surface area contributed by atoms with E-state index in [0.717, 1.165) is 23.3 Å². The lowest BCUT2D eigenvalue weighted by Crippen LogP contribution is -2.25. The van der Waals surface area contributed by atoms with Crippen molar-refractivity contribution in [3.63, 3.8) is 0 Å². The van der Waals surface area contributed by atoms with Gasteiger partial charge in [-0.05, 0) is 54.3 Å². The number of benzene rings is 2. The number of sulfonamides is 1. The second-order valence-electron chi connectivity index (χ2n) is 5.96. The van der Waals surface area contributed by atoms with Gasteiger partial charge in [-0.2, -0.15) is 0 Å². The van der Waals surface area contributed by atoms with Crippen LogP contribution in [0, 0.1) is 13.8 Å². The molecule has 2 aromatic rings. The van der Waals surface area contributed by atoms with E-state index in [2.05, 4.69) is 4.72 Å². The number of hydrogen-bond donors (Lipinski definition) is 1. The Bertz CT molecular complexity index is 852. The molecule has 0 aromatic heterocycles. The molecule has 0 unspecified atom stereocenters. The van der Waals surface area contributed by atoms with Crippen molar-refractivity contribution in [2.75, 3.05) is 13.7 Å².